The zero-order chi connectivity index (χ0) is 34.1. The van der Waals surface area contributed by atoms with E-state index in [-0.39, 0.29) is 33.0 Å². The molecular formula is C40H58N4O4. The van der Waals surface area contributed by atoms with E-state index >= 15 is 0 Å². The summed E-state index contributed by atoms with van der Waals surface area (Å²) in [6.07, 6.45) is 10.5. The van der Waals surface area contributed by atoms with Crippen LogP contribution in [-0.2, 0) is 27.9 Å². The lowest BCUT2D eigenvalue weighted by molar-refractivity contribution is -0.175. The topological polar surface area (TPSA) is 118 Å². The van der Waals surface area contributed by atoms with Crippen LogP contribution in [0.25, 0.3) is 5.57 Å². The van der Waals surface area contributed by atoms with E-state index in [1.807, 2.05) is 6.26 Å². The number of furan rings is 1. The van der Waals surface area contributed by atoms with Crippen LogP contribution in [0.15, 0.2) is 22.3 Å². The molecule has 262 valence electrons. The van der Waals surface area contributed by atoms with Crippen LogP contribution in [0, 0.1) is 44.8 Å². The number of aromatic amines is 1. The molecule has 1 unspecified atom stereocenters. The second-order valence-electron chi connectivity index (χ2n) is 18.9. The molecule has 2 aromatic heterocycles. The Balaban J connectivity index is 1.31. The highest BCUT2D eigenvalue weighted by Crippen LogP contribution is 2.77. The van der Waals surface area contributed by atoms with Gasteiger partial charge in [-0.25, -0.2) is 0 Å². The van der Waals surface area contributed by atoms with E-state index in [1.54, 1.807) is 0 Å². The second kappa shape index (κ2) is 10.5. The zero-order valence-corrected chi connectivity index (χ0v) is 30.4. The number of hydrogen-bond donors (Lipinski definition) is 3. The number of allylic oxidation sites excluding steroid dienone is 2. The van der Waals surface area contributed by atoms with E-state index in [2.05, 4.69) is 69.6 Å². The summed E-state index contributed by atoms with van der Waals surface area (Å²) in [5.74, 6) is 1.96. The first kappa shape index (κ1) is 32.6. The highest BCUT2D eigenvalue weighted by atomic mass is 16.5. The maximum atomic E-state index is 13.5. The third kappa shape index (κ3) is 4.32. The van der Waals surface area contributed by atoms with Crippen LogP contribution in [-0.4, -0.2) is 52.5 Å². The molecule has 48 heavy (non-hydrogen) atoms. The van der Waals surface area contributed by atoms with E-state index in [0.717, 1.165) is 96.4 Å². The lowest BCUT2D eigenvalue weighted by Crippen LogP contribution is -2.65. The SMILES string of the molecule is CC1(C)CC[C@]2(C(=O)O)CC[C@]3(C)C(=C(c4coc(CN5CCOCC5)c4)CC4[C@@]5(C)Cc6c(N)n[nH]c6C(C)(C)[C@@H]5CC[C@]43C)[C@@H]2C1. The molecule has 6 aliphatic rings. The minimum Gasteiger partial charge on any atom is -0.481 e. The number of carbonyl (C=O) groups is 1. The number of ether oxygens (including phenoxy) is 1. The van der Waals surface area contributed by atoms with Gasteiger partial charge in [0, 0.05) is 35.3 Å². The largest absolute Gasteiger partial charge is 0.481 e. The molecule has 7 atom stereocenters. The third-order valence-corrected chi connectivity index (χ3v) is 15.9. The zero-order valence-electron chi connectivity index (χ0n) is 30.4. The van der Waals surface area contributed by atoms with Crippen molar-refractivity contribution < 1.29 is 19.1 Å². The molecule has 0 radical (unpaired) electrons. The van der Waals surface area contributed by atoms with E-state index in [0.29, 0.717) is 17.7 Å². The molecule has 0 aromatic carbocycles. The average molecular weight is 659 g/mol. The fraction of sp³-hybridized carbons (Fsp3) is 0.750. The van der Waals surface area contributed by atoms with Crippen molar-refractivity contribution in [3.05, 3.63) is 40.5 Å². The third-order valence-electron chi connectivity index (χ3n) is 15.9. The van der Waals surface area contributed by atoms with Gasteiger partial charge in [-0.2, -0.15) is 5.10 Å². The summed E-state index contributed by atoms with van der Waals surface area (Å²) in [5, 5.41) is 19.0. The van der Waals surface area contributed by atoms with Crippen LogP contribution in [0.2, 0.25) is 0 Å². The molecule has 0 amide bonds. The molecule has 8 rings (SSSR count). The van der Waals surface area contributed by atoms with Crippen LogP contribution < -0.4 is 5.73 Å². The number of fused-ring (bicyclic) bond motifs is 8. The van der Waals surface area contributed by atoms with Gasteiger partial charge in [-0.15, -0.1) is 0 Å². The summed E-state index contributed by atoms with van der Waals surface area (Å²) in [4.78, 5) is 15.9. The van der Waals surface area contributed by atoms with Gasteiger partial charge in [-0.3, -0.25) is 14.8 Å². The van der Waals surface area contributed by atoms with Crippen LogP contribution >= 0.6 is 0 Å². The van der Waals surface area contributed by atoms with E-state index in [9.17, 15) is 9.90 Å². The highest BCUT2D eigenvalue weighted by molar-refractivity contribution is 5.80. The summed E-state index contributed by atoms with van der Waals surface area (Å²) in [5.41, 5.74) is 12.3. The summed E-state index contributed by atoms with van der Waals surface area (Å²) < 4.78 is 12.0. The minimum absolute atomic E-state index is 0.00875. The van der Waals surface area contributed by atoms with E-state index in [4.69, 9.17) is 14.9 Å². The first-order chi connectivity index (χ1) is 22.6. The second-order valence-corrected chi connectivity index (χ2v) is 18.9. The number of carboxylic acids is 1. The Kier molecular flexibility index (Phi) is 7.12. The van der Waals surface area contributed by atoms with Gasteiger partial charge in [-0.1, -0.05) is 54.0 Å². The first-order valence-corrected chi connectivity index (χ1v) is 18.7. The van der Waals surface area contributed by atoms with Gasteiger partial charge in [0.2, 0.25) is 0 Å². The number of hydrogen-bond acceptors (Lipinski definition) is 6. The molecule has 0 spiro atoms. The van der Waals surface area contributed by atoms with E-state index < -0.39 is 11.4 Å². The van der Waals surface area contributed by atoms with Crippen molar-refractivity contribution in [3.63, 3.8) is 0 Å². The van der Waals surface area contributed by atoms with Crippen molar-refractivity contribution in [2.45, 2.75) is 118 Å². The number of H-pyrrole nitrogens is 1. The van der Waals surface area contributed by atoms with Crippen LogP contribution in [0.5, 0.6) is 0 Å². The number of rotatable bonds is 4. The molecule has 8 nitrogen and oxygen atoms in total. The standard InChI is InChI=1S/C40H58N4O4/c1-35(2)10-12-40(34(45)46)13-11-39(7)31(28(40)21-35)26(24-18-25(48-23-24)22-44-14-16-47-17-15-44)19-30-37(5)20-27-32(42-43-33(27)41)36(3,4)29(37)8-9-38(30,39)6/h18,23,28-30H,8-17,19-22H2,1-7H3,(H,45,46)(H3,41,42,43)/t28-,29-,30?,37-,38+,39+,40-/m0/s1. The number of nitrogens with zero attached hydrogens (tertiary/aromatic N) is 2. The van der Waals surface area contributed by atoms with Gasteiger partial charge in [-0.05, 0) is 109 Å². The Bertz CT molecular complexity index is 1660. The maximum absolute atomic E-state index is 13.5. The lowest BCUT2D eigenvalue weighted by Gasteiger charge is -2.71. The first-order valence-electron chi connectivity index (χ1n) is 18.7. The molecule has 2 aromatic rings. The monoisotopic (exact) mass is 658 g/mol. The Morgan fingerprint density at radius 2 is 1.77 bits per heavy atom. The number of aliphatic carboxylic acids is 1. The van der Waals surface area contributed by atoms with Gasteiger partial charge >= 0.3 is 5.97 Å². The number of nitrogens with two attached hydrogens (primary N) is 1. The lowest BCUT2D eigenvalue weighted by atomic mass is 9.33. The number of carboxylic acid groups (broad SMARTS) is 1. The molecule has 5 aliphatic carbocycles. The van der Waals surface area contributed by atoms with Crippen LogP contribution in [0.1, 0.15) is 122 Å². The van der Waals surface area contributed by atoms with Gasteiger partial charge in [0.25, 0.3) is 0 Å². The summed E-state index contributed by atoms with van der Waals surface area (Å²) in [6.45, 7) is 21.4. The molecule has 1 aliphatic heterocycles. The smallest absolute Gasteiger partial charge is 0.310 e. The number of aromatic nitrogens is 2. The van der Waals surface area contributed by atoms with Gasteiger partial charge < -0.3 is 20.0 Å². The Hall–Kier alpha value is -2.58. The van der Waals surface area contributed by atoms with Crippen molar-refractivity contribution in [2.24, 2.45) is 44.8 Å². The predicted octanol–water partition coefficient (Wildman–Crippen LogP) is 7.84. The summed E-state index contributed by atoms with van der Waals surface area (Å²) in [6, 6.07) is 2.30. The fourth-order valence-corrected chi connectivity index (χ4v) is 13.1. The Labute approximate surface area is 286 Å². The number of nitrogens with one attached hydrogen (secondary N) is 1. The molecule has 0 bridgehead atoms. The molecule has 3 heterocycles. The van der Waals surface area contributed by atoms with Crippen molar-refractivity contribution >= 4 is 17.4 Å². The van der Waals surface area contributed by atoms with Crippen molar-refractivity contribution in [2.75, 3.05) is 32.0 Å². The van der Waals surface area contributed by atoms with Crippen molar-refractivity contribution in [1.82, 2.24) is 15.1 Å². The number of nitrogen functional groups attached to an aromatic ring is 1. The predicted molar refractivity (Wildman–Crippen MR) is 187 cm³/mol. The molecule has 3 saturated carbocycles. The molecule has 4 fully saturated rings. The summed E-state index contributed by atoms with van der Waals surface area (Å²) >= 11 is 0. The Morgan fingerprint density at radius 3 is 2.50 bits per heavy atom. The molecule has 4 N–H and O–H groups in total. The van der Waals surface area contributed by atoms with E-state index in [1.165, 1.54) is 28.0 Å². The summed E-state index contributed by atoms with van der Waals surface area (Å²) in [7, 11) is 0. The number of anilines is 1. The molecule has 8 heteroatoms. The highest BCUT2D eigenvalue weighted by Gasteiger charge is 2.70. The fourth-order valence-electron chi connectivity index (χ4n) is 13.1. The average Bonchev–Trinajstić information content (AvgIpc) is 3.64. The van der Waals surface area contributed by atoms with Crippen LogP contribution in [0.4, 0.5) is 5.82 Å². The van der Waals surface area contributed by atoms with Crippen LogP contribution in [0.3, 0.4) is 0 Å². The Morgan fingerprint density at radius 1 is 1.04 bits per heavy atom. The van der Waals surface area contributed by atoms with Crippen molar-refractivity contribution in [3.8, 4) is 0 Å². The molecule has 1 saturated heterocycles. The quantitative estimate of drug-likeness (QED) is 0.306. The minimum atomic E-state index is -0.701. The normalized spacial score (nSPS) is 40.3. The molecular weight excluding hydrogens is 600 g/mol. The van der Waals surface area contributed by atoms with Gasteiger partial charge in [0.15, 0.2) is 0 Å². The van der Waals surface area contributed by atoms with Gasteiger partial charge in [0.1, 0.15) is 11.6 Å². The van der Waals surface area contributed by atoms with Crippen molar-refractivity contribution in [1.29, 1.82) is 0 Å². The maximum Gasteiger partial charge on any atom is 0.310 e. The number of morpholine rings is 1. The van der Waals surface area contributed by atoms with Gasteiger partial charge in [0.05, 0.1) is 31.4 Å².